The van der Waals surface area contributed by atoms with Gasteiger partial charge in [-0.15, -0.1) is 0 Å². The van der Waals surface area contributed by atoms with Gasteiger partial charge < -0.3 is 11.5 Å². The van der Waals surface area contributed by atoms with Gasteiger partial charge >= 0.3 is 0 Å². The minimum Gasteiger partial charge on any atom is -0.397 e. The van der Waals surface area contributed by atoms with Crippen molar-refractivity contribution >= 4 is 39.1 Å². The molecule has 2 nitrogen and oxygen atoms in total. The second-order valence-electron chi connectivity index (χ2n) is 3.35. The van der Waals surface area contributed by atoms with Crippen LogP contribution in [0.2, 0.25) is 0 Å². The first-order valence-corrected chi connectivity index (χ1v) is 6.34. The molecule has 0 aromatic heterocycles. The number of benzene rings is 2. The lowest BCUT2D eigenvalue weighted by Crippen LogP contribution is -1.93. The minimum absolute atomic E-state index is 0.624. The van der Waals surface area contributed by atoms with Crippen LogP contribution >= 0.6 is 27.7 Å². The van der Waals surface area contributed by atoms with E-state index in [0.29, 0.717) is 11.4 Å². The van der Waals surface area contributed by atoms with Gasteiger partial charge in [0.05, 0.1) is 11.4 Å². The van der Waals surface area contributed by atoms with Gasteiger partial charge in [-0.3, -0.25) is 0 Å². The summed E-state index contributed by atoms with van der Waals surface area (Å²) in [7, 11) is 0. The highest BCUT2D eigenvalue weighted by Crippen LogP contribution is 2.31. The summed E-state index contributed by atoms with van der Waals surface area (Å²) < 4.78 is 1.07. The number of rotatable bonds is 2. The molecule has 0 spiro atoms. The van der Waals surface area contributed by atoms with Gasteiger partial charge in [0.2, 0.25) is 0 Å². The van der Waals surface area contributed by atoms with Crippen LogP contribution in [0.3, 0.4) is 0 Å². The Bertz CT molecular complexity index is 514. The highest BCUT2D eigenvalue weighted by molar-refractivity contribution is 9.10. The van der Waals surface area contributed by atoms with Gasteiger partial charge in [0.15, 0.2) is 0 Å². The van der Waals surface area contributed by atoms with Crippen molar-refractivity contribution in [3.05, 3.63) is 46.9 Å². The van der Waals surface area contributed by atoms with E-state index in [1.165, 1.54) is 4.90 Å². The molecule has 0 atom stereocenters. The first-order valence-electron chi connectivity index (χ1n) is 4.73. The average molecular weight is 295 g/mol. The van der Waals surface area contributed by atoms with E-state index in [4.69, 9.17) is 11.5 Å². The molecule has 0 saturated carbocycles. The Labute approximate surface area is 107 Å². The third-order valence-electron chi connectivity index (χ3n) is 2.09. The van der Waals surface area contributed by atoms with Gasteiger partial charge in [-0.2, -0.15) is 0 Å². The van der Waals surface area contributed by atoms with Gasteiger partial charge in [0, 0.05) is 14.3 Å². The lowest BCUT2D eigenvalue weighted by atomic mass is 10.3. The van der Waals surface area contributed by atoms with E-state index in [-0.39, 0.29) is 0 Å². The largest absolute Gasteiger partial charge is 0.397 e. The predicted octanol–water partition coefficient (Wildman–Crippen LogP) is 3.76. The van der Waals surface area contributed by atoms with Crippen molar-refractivity contribution in [2.75, 3.05) is 11.5 Å². The Morgan fingerprint density at radius 3 is 2.31 bits per heavy atom. The van der Waals surface area contributed by atoms with E-state index >= 15 is 0 Å². The fourth-order valence-corrected chi connectivity index (χ4v) is 2.76. The maximum atomic E-state index is 5.76. The highest BCUT2D eigenvalue weighted by atomic mass is 79.9. The molecule has 0 saturated heterocycles. The fraction of sp³-hybridized carbons (Fsp3) is 0. The minimum atomic E-state index is 0.624. The van der Waals surface area contributed by atoms with E-state index in [2.05, 4.69) is 28.1 Å². The number of anilines is 2. The Kier molecular flexibility index (Phi) is 3.41. The molecular formula is C12H11BrN2S. The van der Waals surface area contributed by atoms with E-state index in [0.717, 1.165) is 9.37 Å². The highest BCUT2D eigenvalue weighted by Gasteiger charge is 2.00. The smallest absolute Gasteiger partial charge is 0.0559 e. The molecule has 16 heavy (non-hydrogen) atoms. The van der Waals surface area contributed by atoms with Crippen molar-refractivity contribution in [1.82, 2.24) is 0 Å². The van der Waals surface area contributed by atoms with E-state index in [9.17, 15) is 0 Å². The maximum absolute atomic E-state index is 5.76. The zero-order valence-corrected chi connectivity index (χ0v) is 10.9. The van der Waals surface area contributed by atoms with Crippen LogP contribution in [0.1, 0.15) is 0 Å². The van der Waals surface area contributed by atoms with E-state index in [1.807, 2.05) is 30.3 Å². The summed E-state index contributed by atoms with van der Waals surface area (Å²) in [6.07, 6.45) is 0. The standard InChI is InChI=1S/C12H11BrN2S/c13-8-2-1-3-9(6-8)16-10-4-5-11(14)12(15)7-10/h1-7H,14-15H2. The van der Waals surface area contributed by atoms with Crippen molar-refractivity contribution < 1.29 is 0 Å². The van der Waals surface area contributed by atoms with Gasteiger partial charge in [-0.1, -0.05) is 33.8 Å². The summed E-state index contributed by atoms with van der Waals surface area (Å²) in [5, 5.41) is 0. The molecule has 0 radical (unpaired) electrons. The van der Waals surface area contributed by atoms with Crippen LogP contribution in [-0.2, 0) is 0 Å². The monoisotopic (exact) mass is 294 g/mol. The molecule has 2 rings (SSSR count). The van der Waals surface area contributed by atoms with Gasteiger partial charge in [0.1, 0.15) is 0 Å². The Hall–Kier alpha value is -1.13. The fourth-order valence-electron chi connectivity index (χ4n) is 1.28. The Morgan fingerprint density at radius 2 is 1.62 bits per heavy atom. The first kappa shape index (κ1) is 11.4. The molecular weight excluding hydrogens is 284 g/mol. The number of hydrogen-bond donors (Lipinski definition) is 2. The molecule has 4 N–H and O–H groups in total. The lowest BCUT2D eigenvalue weighted by Gasteiger charge is -2.05. The molecule has 0 aliphatic rings. The number of nitrogen functional groups attached to an aromatic ring is 2. The Morgan fingerprint density at radius 1 is 0.875 bits per heavy atom. The van der Waals surface area contributed by atoms with Gasteiger partial charge in [-0.05, 0) is 36.4 Å². The SMILES string of the molecule is Nc1ccc(Sc2cccc(Br)c2)cc1N. The number of halogens is 1. The van der Waals surface area contributed by atoms with Crippen LogP contribution in [0.25, 0.3) is 0 Å². The number of nitrogens with two attached hydrogens (primary N) is 2. The summed E-state index contributed by atoms with van der Waals surface area (Å²) >= 11 is 5.10. The lowest BCUT2D eigenvalue weighted by molar-refractivity contribution is 1.39. The van der Waals surface area contributed by atoms with Crippen molar-refractivity contribution in [3.63, 3.8) is 0 Å². The van der Waals surface area contributed by atoms with Crippen LogP contribution < -0.4 is 11.5 Å². The van der Waals surface area contributed by atoms with Crippen LogP contribution in [0, 0.1) is 0 Å². The molecule has 4 heteroatoms. The van der Waals surface area contributed by atoms with E-state index < -0.39 is 0 Å². The van der Waals surface area contributed by atoms with Crippen LogP contribution in [0.5, 0.6) is 0 Å². The average Bonchev–Trinajstić information content (AvgIpc) is 2.24. The van der Waals surface area contributed by atoms with Gasteiger partial charge in [-0.25, -0.2) is 0 Å². The zero-order chi connectivity index (χ0) is 11.5. The molecule has 0 aliphatic carbocycles. The normalized spacial score (nSPS) is 10.3. The summed E-state index contributed by atoms with van der Waals surface area (Å²) in [5.74, 6) is 0. The molecule has 0 amide bonds. The van der Waals surface area contributed by atoms with Crippen molar-refractivity contribution in [1.29, 1.82) is 0 Å². The van der Waals surface area contributed by atoms with Crippen LogP contribution in [0.15, 0.2) is 56.7 Å². The molecule has 0 heterocycles. The summed E-state index contributed by atoms with van der Waals surface area (Å²) in [4.78, 5) is 2.25. The van der Waals surface area contributed by atoms with Gasteiger partial charge in [0.25, 0.3) is 0 Å². The third kappa shape index (κ3) is 2.71. The predicted molar refractivity (Wildman–Crippen MR) is 73.5 cm³/mol. The third-order valence-corrected chi connectivity index (χ3v) is 3.56. The molecule has 82 valence electrons. The quantitative estimate of drug-likeness (QED) is 0.829. The molecule has 0 unspecified atom stereocenters. The molecule has 2 aromatic rings. The zero-order valence-electron chi connectivity index (χ0n) is 8.48. The maximum Gasteiger partial charge on any atom is 0.0559 e. The molecule has 0 aliphatic heterocycles. The summed E-state index contributed by atoms with van der Waals surface area (Å²) in [6.45, 7) is 0. The summed E-state index contributed by atoms with van der Waals surface area (Å²) in [5.41, 5.74) is 12.7. The summed E-state index contributed by atoms with van der Waals surface area (Å²) in [6, 6.07) is 13.8. The first-order chi connectivity index (χ1) is 7.65. The Balaban J connectivity index is 2.24. The van der Waals surface area contributed by atoms with Crippen molar-refractivity contribution in [2.24, 2.45) is 0 Å². The van der Waals surface area contributed by atoms with Crippen LogP contribution in [-0.4, -0.2) is 0 Å². The second kappa shape index (κ2) is 4.80. The van der Waals surface area contributed by atoms with Crippen molar-refractivity contribution in [3.8, 4) is 0 Å². The molecule has 0 bridgehead atoms. The van der Waals surface area contributed by atoms with Crippen LogP contribution in [0.4, 0.5) is 11.4 Å². The molecule has 0 fully saturated rings. The second-order valence-corrected chi connectivity index (χ2v) is 5.41. The molecule has 2 aromatic carbocycles. The topological polar surface area (TPSA) is 52.0 Å². The van der Waals surface area contributed by atoms with E-state index in [1.54, 1.807) is 11.8 Å². The number of hydrogen-bond acceptors (Lipinski definition) is 3. The van der Waals surface area contributed by atoms with Crippen molar-refractivity contribution in [2.45, 2.75) is 9.79 Å².